The largest absolute Gasteiger partial charge is 0.478 e. The Bertz CT molecular complexity index is 609. The number of hydrogen-bond acceptors (Lipinski definition) is 4. The molecule has 0 radical (unpaired) electrons. The topological polar surface area (TPSA) is 88.0 Å². The summed E-state index contributed by atoms with van der Waals surface area (Å²) in [4.78, 5) is 11.1. The highest BCUT2D eigenvalue weighted by atomic mass is 16.4. The first-order chi connectivity index (χ1) is 9.20. The summed E-state index contributed by atoms with van der Waals surface area (Å²) in [5.74, 6) is -1.04. The van der Waals surface area contributed by atoms with E-state index in [1.807, 2.05) is 18.2 Å². The number of rotatable bonds is 4. The van der Waals surface area contributed by atoms with Crippen LogP contribution >= 0.6 is 0 Å². The van der Waals surface area contributed by atoms with Gasteiger partial charge in [0.2, 0.25) is 0 Å². The summed E-state index contributed by atoms with van der Waals surface area (Å²) in [7, 11) is 0. The Kier molecular flexibility index (Phi) is 4.00. The van der Waals surface area contributed by atoms with E-state index in [0.29, 0.717) is 17.9 Å². The second-order valence-electron chi connectivity index (χ2n) is 3.90. The summed E-state index contributed by atoms with van der Waals surface area (Å²) in [5.41, 5.74) is 7.42. The van der Waals surface area contributed by atoms with Crippen molar-refractivity contribution in [3.8, 4) is 0 Å². The molecule has 2 rings (SSSR count). The third kappa shape index (κ3) is 3.23. The van der Waals surface area contributed by atoms with Gasteiger partial charge in [-0.25, -0.2) is 4.79 Å². The maximum absolute atomic E-state index is 11.1. The molecule has 2 aromatic carbocycles. The molecule has 0 aromatic heterocycles. The minimum Gasteiger partial charge on any atom is -0.478 e. The molecule has 2 aromatic rings. The van der Waals surface area contributed by atoms with Crippen molar-refractivity contribution in [2.45, 2.75) is 6.54 Å². The van der Waals surface area contributed by atoms with Crippen LogP contribution in [0.4, 0.5) is 11.4 Å². The van der Waals surface area contributed by atoms with Crippen molar-refractivity contribution < 1.29 is 9.90 Å². The van der Waals surface area contributed by atoms with Crippen molar-refractivity contribution in [3.05, 3.63) is 59.7 Å². The van der Waals surface area contributed by atoms with Crippen LogP contribution in [-0.4, -0.2) is 11.1 Å². The van der Waals surface area contributed by atoms with Crippen LogP contribution in [0.5, 0.6) is 0 Å². The van der Waals surface area contributed by atoms with E-state index >= 15 is 0 Å². The summed E-state index contributed by atoms with van der Waals surface area (Å²) in [5, 5.41) is 17.1. The van der Waals surface area contributed by atoms with Crippen molar-refractivity contribution in [2.24, 2.45) is 16.0 Å². The van der Waals surface area contributed by atoms with E-state index in [1.54, 1.807) is 24.3 Å². The van der Waals surface area contributed by atoms with Crippen LogP contribution in [0.15, 0.2) is 58.8 Å². The maximum Gasteiger partial charge on any atom is 0.337 e. The van der Waals surface area contributed by atoms with Gasteiger partial charge in [-0.15, -0.1) is 5.11 Å². The van der Waals surface area contributed by atoms with Gasteiger partial charge in [-0.2, -0.15) is 5.11 Å². The maximum atomic E-state index is 11.1. The molecule has 0 aliphatic carbocycles. The quantitative estimate of drug-likeness (QED) is 0.822. The lowest BCUT2D eigenvalue weighted by molar-refractivity contribution is 0.0697. The highest BCUT2D eigenvalue weighted by Gasteiger charge is 2.10. The van der Waals surface area contributed by atoms with Gasteiger partial charge in [-0.1, -0.05) is 24.3 Å². The molecule has 0 heterocycles. The van der Waals surface area contributed by atoms with Crippen LogP contribution in [0.25, 0.3) is 0 Å². The first kappa shape index (κ1) is 12.9. The highest BCUT2D eigenvalue weighted by molar-refractivity contribution is 5.93. The first-order valence-corrected chi connectivity index (χ1v) is 5.74. The van der Waals surface area contributed by atoms with Crippen LogP contribution < -0.4 is 5.73 Å². The van der Waals surface area contributed by atoms with Gasteiger partial charge in [0.1, 0.15) is 5.69 Å². The van der Waals surface area contributed by atoms with Gasteiger partial charge in [0.05, 0.1) is 11.3 Å². The molecule has 0 spiro atoms. The number of carbonyl (C=O) groups is 1. The third-order valence-electron chi connectivity index (χ3n) is 2.56. The molecule has 96 valence electrons. The number of azo groups is 1. The zero-order valence-electron chi connectivity index (χ0n) is 10.2. The van der Waals surface area contributed by atoms with Crippen LogP contribution in [0.1, 0.15) is 15.9 Å². The molecule has 5 nitrogen and oxygen atoms in total. The average Bonchev–Trinajstić information content (AvgIpc) is 2.45. The normalized spacial score (nSPS) is 10.8. The Morgan fingerprint density at radius 1 is 1.11 bits per heavy atom. The molecule has 0 aliphatic rings. The van der Waals surface area contributed by atoms with Gasteiger partial charge < -0.3 is 10.8 Å². The van der Waals surface area contributed by atoms with Crippen LogP contribution in [0, 0.1) is 0 Å². The van der Waals surface area contributed by atoms with Crippen molar-refractivity contribution in [1.29, 1.82) is 0 Å². The van der Waals surface area contributed by atoms with Gasteiger partial charge in [-0.3, -0.25) is 0 Å². The summed E-state index contributed by atoms with van der Waals surface area (Å²) in [6.07, 6.45) is 0. The van der Waals surface area contributed by atoms with Crippen LogP contribution in [0.2, 0.25) is 0 Å². The molecule has 5 heteroatoms. The second-order valence-corrected chi connectivity index (χ2v) is 3.90. The van der Waals surface area contributed by atoms with Gasteiger partial charge in [-0.05, 0) is 29.8 Å². The fourth-order valence-corrected chi connectivity index (χ4v) is 1.57. The fraction of sp³-hybridized carbons (Fsp3) is 0.0714. The van der Waals surface area contributed by atoms with Crippen molar-refractivity contribution in [2.75, 3.05) is 0 Å². The second kappa shape index (κ2) is 5.88. The molecule has 0 amide bonds. The molecule has 3 N–H and O–H groups in total. The lowest BCUT2D eigenvalue weighted by Gasteiger charge is -2.02. The lowest BCUT2D eigenvalue weighted by atomic mass is 10.1. The zero-order chi connectivity index (χ0) is 13.7. The minimum absolute atomic E-state index is 0.108. The van der Waals surface area contributed by atoms with E-state index < -0.39 is 5.97 Å². The third-order valence-corrected chi connectivity index (χ3v) is 2.56. The van der Waals surface area contributed by atoms with E-state index in [9.17, 15) is 4.79 Å². The number of benzene rings is 2. The van der Waals surface area contributed by atoms with E-state index in [2.05, 4.69) is 10.2 Å². The monoisotopic (exact) mass is 255 g/mol. The molecule has 0 saturated carbocycles. The Balaban J connectivity index is 2.37. The Morgan fingerprint density at radius 3 is 2.47 bits per heavy atom. The predicted octanol–water partition coefficient (Wildman–Crippen LogP) is 3.26. The summed E-state index contributed by atoms with van der Waals surface area (Å²) < 4.78 is 0. The van der Waals surface area contributed by atoms with Gasteiger partial charge in [0, 0.05) is 6.54 Å². The lowest BCUT2D eigenvalue weighted by Crippen LogP contribution is -2.00. The van der Waals surface area contributed by atoms with E-state index in [0.717, 1.165) is 5.56 Å². The Labute approximate surface area is 110 Å². The predicted molar refractivity (Wildman–Crippen MR) is 71.9 cm³/mol. The van der Waals surface area contributed by atoms with Crippen molar-refractivity contribution in [3.63, 3.8) is 0 Å². The summed E-state index contributed by atoms with van der Waals surface area (Å²) >= 11 is 0. The minimum atomic E-state index is -1.04. The molecule has 19 heavy (non-hydrogen) atoms. The number of aromatic carboxylic acids is 1. The van der Waals surface area contributed by atoms with E-state index in [-0.39, 0.29) is 5.56 Å². The average molecular weight is 255 g/mol. The molecule has 0 atom stereocenters. The Morgan fingerprint density at radius 2 is 1.84 bits per heavy atom. The number of hydrogen-bond donors (Lipinski definition) is 2. The number of nitrogens with zero attached hydrogens (tertiary/aromatic N) is 2. The molecule has 0 saturated heterocycles. The SMILES string of the molecule is NCc1ccc(C(=O)O)c(N=Nc2ccccc2)c1. The molecule has 0 fully saturated rings. The van der Waals surface area contributed by atoms with Gasteiger partial charge >= 0.3 is 5.97 Å². The van der Waals surface area contributed by atoms with Crippen molar-refractivity contribution in [1.82, 2.24) is 0 Å². The van der Waals surface area contributed by atoms with Crippen LogP contribution in [-0.2, 0) is 6.54 Å². The first-order valence-electron chi connectivity index (χ1n) is 5.74. The zero-order valence-corrected chi connectivity index (χ0v) is 10.2. The number of carboxylic acids is 1. The molecule has 0 unspecified atom stereocenters. The number of carboxylic acid groups (broad SMARTS) is 1. The van der Waals surface area contributed by atoms with Crippen LogP contribution in [0.3, 0.4) is 0 Å². The smallest absolute Gasteiger partial charge is 0.337 e. The number of nitrogens with two attached hydrogens (primary N) is 1. The summed E-state index contributed by atoms with van der Waals surface area (Å²) in [6.45, 7) is 0.327. The van der Waals surface area contributed by atoms with E-state index in [4.69, 9.17) is 10.8 Å². The Hall–Kier alpha value is -2.53. The fourth-order valence-electron chi connectivity index (χ4n) is 1.57. The molecular weight excluding hydrogens is 242 g/mol. The van der Waals surface area contributed by atoms with Crippen molar-refractivity contribution >= 4 is 17.3 Å². The summed E-state index contributed by atoms with van der Waals surface area (Å²) in [6, 6.07) is 13.9. The van der Waals surface area contributed by atoms with Gasteiger partial charge in [0.15, 0.2) is 0 Å². The van der Waals surface area contributed by atoms with E-state index in [1.165, 1.54) is 6.07 Å². The molecule has 0 aliphatic heterocycles. The standard InChI is InChI=1S/C14H13N3O2/c15-9-10-6-7-12(14(18)19)13(8-10)17-16-11-4-2-1-3-5-11/h1-8H,9,15H2,(H,18,19). The molecular formula is C14H13N3O2. The van der Waals surface area contributed by atoms with Gasteiger partial charge in [0.25, 0.3) is 0 Å². The highest BCUT2D eigenvalue weighted by Crippen LogP contribution is 2.24. The molecule has 0 bridgehead atoms.